The van der Waals surface area contributed by atoms with Gasteiger partial charge in [-0.05, 0) is 30.9 Å². The second-order valence-corrected chi connectivity index (χ2v) is 4.13. The lowest BCUT2D eigenvalue weighted by atomic mass is 10.0. The Morgan fingerprint density at radius 1 is 1.46 bits per heavy atom. The summed E-state index contributed by atoms with van der Waals surface area (Å²) in [6.45, 7) is 1.82. The molecule has 0 radical (unpaired) electrons. The number of hydrogen-bond donors (Lipinski definition) is 2. The van der Waals surface area contributed by atoms with Crippen molar-refractivity contribution >= 4 is 11.6 Å². The number of aryl methyl sites for hydroxylation is 1. The fourth-order valence-electron chi connectivity index (χ4n) is 1.45. The maximum Gasteiger partial charge on any atom is 0.137 e. The number of hydrogen-bond acceptors (Lipinski definition) is 2. The van der Waals surface area contributed by atoms with Crippen molar-refractivity contribution in [1.29, 1.82) is 0 Å². The first-order valence-electron chi connectivity index (χ1n) is 4.32. The summed E-state index contributed by atoms with van der Waals surface area (Å²) in [4.78, 5) is 0. The third kappa shape index (κ3) is 1.30. The van der Waals surface area contributed by atoms with E-state index < -0.39 is 0 Å². The van der Waals surface area contributed by atoms with E-state index in [9.17, 15) is 5.11 Å². The van der Waals surface area contributed by atoms with Crippen LogP contribution in [0.4, 0.5) is 0 Å². The minimum absolute atomic E-state index is 0.163. The third-order valence-corrected chi connectivity index (χ3v) is 3.03. The van der Waals surface area contributed by atoms with Crippen molar-refractivity contribution in [3.8, 4) is 5.75 Å². The van der Waals surface area contributed by atoms with E-state index in [2.05, 4.69) is 0 Å². The quantitative estimate of drug-likeness (QED) is 0.726. The van der Waals surface area contributed by atoms with Gasteiger partial charge >= 0.3 is 0 Å². The molecule has 0 atom stereocenters. The first-order valence-corrected chi connectivity index (χ1v) is 4.70. The molecule has 0 heterocycles. The molecule has 0 amide bonds. The van der Waals surface area contributed by atoms with Crippen LogP contribution in [0.2, 0.25) is 5.02 Å². The highest BCUT2D eigenvalue weighted by molar-refractivity contribution is 6.33. The van der Waals surface area contributed by atoms with Crippen molar-refractivity contribution in [2.24, 2.45) is 5.73 Å². The number of nitrogens with two attached hydrogens (primary N) is 1. The molecule has 3 heteroatoms. The molecule has 1 fully saturated rings. The van der Waals surface area contributed by atoms with Crippen LogP contribution in [0.1, 0.15) is 24.0 Å². The van der Waals surface area contributed by atoms with E-state index in [0.29, 0.717) is 5.02 Å². The number of aromatic hydroxyl groups is 1. The van der Waals surface area contributed by atoms with Crippen LogP contribution < -0.4 is 5.73 Å². The topological polar surface area (TPSA) is 46.2 Å². The second kappa shape index (κ2) is 2.63. The molecule has 13 heavy (non-hydrogen) atoms. The molecule has 0 unspecified atom stereocenters. The summed E-state index contributed by atoms with van der Waals surface area (Å²) in [7, 11) is 0. The van der Waals surface area contributed by atoms with Gasteiger partial charge in [-0.2, -0.15) is 0 Å². The zero-order valence-electron chi connectivity index (χ0n) is 7.47. The van der Waals surface area contributed by atoms with Crippen molar-refractivity contribution in [2.45, 2.75) is 25.3 Å². The molecule has 2 rings (SSSR count). The predicted octanol–water partition coefficient (Wildman–Crippen LogP) is 2.30. The van der Waals surface area contributed by atoms with Crippen LogP contribution in [0.3, 0.4) is 0 Å². The van der Waals surface area contributed by atoms with Gasteiger partial charge in [-0.25, -0.2) is 0 Å². The molecule has 0 saturated heterocycles. The second-order valence-electron chi connectivity index (χ2n) is 3.75. The molecule has 1 aliphatic carbocycles. The average Bonchev–Trinajstić information content (AvgIpc) is 2.80. The fraction of sp³-hybridized carbons (Fsp3) is 0.400. The Morgan fingerprint density at radius 3 is 2.62 bits per heavy atom. The van der Waals surface area contributed by atoms with E-state index in [1.165, 1.54) is 0 Å². The Bertz CT molecular complexity index is 358. The van der Waals surface area contributed by atoms with Crippen LogP contribution in [0.15, 0.2) is 12.1 Å². The Hall–Kier alpha value is -0.730. The number of phenolic OH excluding ortho intramolecular Hbond substituents is 1. The van der Waals surface area contributed by atoms with Gasteiger partial charge in [0.2, 0.25) is 0 Å². The monoisotopic (exact) mass is 197 g/mol. The Labute approximate surface area is 82.3 Å². The summed E-state index contributed by atoms with van der Waals surface area (Å²) in [6, 6.07) is 3.76. The molecule has 3 N–H and O–H groups in total. The van der Waals surface area contributed by atoms with E-state index in [1.54, 1.807) is 0 Å². The molecular formula is C10H12ClNO. The van der Waals surface area contributed by atoms with Gasteiger partial charge in [0.05, 0.1) is 5.02 Å². The average molecular weight is 198 g/mol. The molecule has 0 spiro atoms. The third-order valence-electron chi connectivity index (χ3n) is 2.64. The molecule has 2 nitrogen and oxygen atoms in total. The first kappa shape index (κ1) is 8.85. The van der Waals surface area contributed by atoms with Gasteiger partial charge in [-0.15, -0.1) is 0 Å². The lowest BCUT2D eigenvalue weighted by Gasteiger charge is -2.13. The summed E-state index contributed by atoms with van der Waals surface area (Å²) in [5.41, 5.74) is 7.38. The number of phenols is 1. The van der Waals surface area contributed by atoms with Crippen LogP contribution in [0.25, 0.3) is 0 Å². The standard InChI is InChI=1S/C10H12ClNO/c1-6-2-3-7(8(11)9(6)13)10(12)4-5-10/h2-3,13H,4-5,12H2,1H3. The van der Waals surface area contributed by atoms with Gasteiger partial charge < -0.3 is 10.8 Å². The molecule has 1 saturated carbocycles. The molecule has 1 aromatic rings. The van der Waals surface area contributed by atoms with Crippen molar-refractivity contribution in [3.05, 3.63) is 28.3 Å². The lowest BCUT2D eigenvalue weighted by Crippen LogP contribution is -2.19. The molecule has 70 valence electrons. The maximum atomic E-state index is 9.59. The lowest BCUT2D eigenvalue weighted by molar-refractivity contribution is 0.469. The van der Waals surface area contributed by atoms with Crippen molar-refractivity contribution in [2.75, 3.05) is 0 Å². The summed E-state index contributed by atoms with van der Waals surface area (Å²) in [6.07, 6.45) is 1.91. The zero-order valence-corrected chi connectivity index (χ0v) is 8.23. The number of benzene rings is 1. The maximum absolute atomic E-state index is 9.59. The van der Waals surface area contributed by atoms with E-state index in [1.807, 2.05) is 19.1 Å². The summed E-state index contributed by atoms with van der Waals surface area (Å²) in [5, 5.41) is 10.0. The molecule has 0 aliphatic heterocycles. The molecule has 0 bridgehead atoms. The highest BCUT2D eigenvalue weighted by Gasteiger charge is 2.42. The van der Waals surface area contributed by atoms with E-state index in [-0.39, 0.29) is 11.3 Å². The van der Waals surface area contributed by atoms with Crippen LogP contribution >= 0.6 is 11.6 Å². The summed E-state index contributed by atoms with van der Waals surface area (Å²) in [5.74, 6) is 0.163. The SMILES string of the molecule is Cc1ccc(C2(N)CC2)c(Cl)c1O. The van der Waals surface area contributed by atoms with E-state index >= 15 is 0 Å². The van der Waals surface area contributed by atoms with Crippen molar-refractivity contribution < 1.29 is 5.11 Å². The van der Waals surface area contributed by atoms with Gasteiger partial charge in [0, 0.05) is 5.54 Å². The van der Waals surface area contributed by atoms with Gasteiger partial charge in [-0.3, -0.25) is 0 Å². The highest BCUT2D eigenvalue weighted by atomic mass is 35.5. The normalized spacial score (nSPS) is 18.7. The predicted molar refractivity (Wildman–Crippen MR) is 53.0 cm³/mol. The molecule has 0 aromatic heterocycles. The highest BCUT2D eigenvalue weighted by Crippen LogP contribution is 2.47. The van der Waals surface area contributed by atoms with E-state index in [4.69, 9.17) is 17.3 Å². The smallest absolute Gasteiger partial charge is 0.137 e. The molecule has 1 aliphatic rings. The van der Waals surface area contributed by atoms with Crippen LogP contribution in [0, 0.1) is 6.92 Å². The fourth-order valence-corrected chi connectivity index (χ4v) is 1.85. The Kier molecular flexibility index (Phi) is 1.79. The Morgan fingerprint density at radius 2 is 2.08 bits per heavy atom. The van der Waals surface area contributed by atoms with Crippen molar-refractivity contribution in [3.63, 3.8) is 0 Å². The number of halogens is 1. The first-order chi connectivity index (χ1) is 6.04. The zero-order chi connectivity index (χ0) is 9.64. The number of rotatable bonds is 1. The largest absolute Gasteiger partial charge is 0.506 e. The van der Waals surface area contributed by atoms with Crippen LogP contribution in [-0.4, -0.2) is 5.11 Å². The van der Waals surface area contributed by atoms with Gasteiger partial charge in [-0.1, -0.05) is 23.7 Å². The minimum Gasteiger partial charge on any atom is -0.506 e. The van der Waals surface area contributed by atoms with Gasteiger partial charge in [0.25, 0.3) is 0 Å². The van der Waals surface area contributed by atoms with Gasteiger partial charge in [0.15, 0.2) is 0 Å². The minimum atomic E-state index is -0.276. The van der Waals surface area contributed by atoms with E-state index in [0.717, 1.165) is 24.0 Å². The Balaban J connectivity index is 2.54. The molecular weight excluding hydrogens is 186 g/mol. The van der Waals surface area contributed by atoms with Gasteiger partial charge in [0.1, 0.15) is 5.75 Å². The van der Waals surface area contributed by atoms with Crippen LogP contribution in [-0.2, 0) is 5.54 Å². The summed E-state index contributed by atoms with van der Waals surface area (Å²) < 4.78 is 0. The molecule has 1 aromatic carbocycles. The summed E-state index contributed by atoms with van der Waals surface area (Å²) >= 11 is 5.99. The van der Waals surface area contributed by atoms with Crippen LogP contribution in [0.5, 0.6) is 5.75 Å². The van der Waals surface area contributed by atoms with Crippen molar-refractivity contribution in [1.82, 2.24) is 0 Å².